The summed E-state index contributed by atoms with van der Waals surface area (Å²) in [4.78, 5) is 33.3. The van der Waals surface area contributed by atoms with E-state index in [0.29, 0.717) is 6.42 Å². The number of carbonyl (C=O) groups is 2. The Labute approximate surface area is 120 Å². The Morgan fingerprint density at radius 1 is 1.48 bits per heavy atom. The van der Waals surface area contributed by atoms with Crippen molar-refractivity contribution in [2.75, 3.05) is 13.7 Å². The maximum absolute atomic E-state index is 12.1. The third-order valence-electron chi connectivity index (χ3n) is 3.00. The number of nitrogens with zero attached hydrogens (tertiary/aromatic N) is 1. The predicted octanol–water partition coefficient (Wildman–Crippen LogP) is 1.44. The molecule has 0 radical (unpaired) electrons. The van der Waals surface area contributed by atoms with Crippen LogP contribution in [0.25, 0.3) is 0 Å². The molecule has 1 rings (SSSR count). The summed E-state index contributed by atoms with van der Waals surface area (Å²) >= 11 is 0. The van der Waals surface area contributed by atoms with Crippen molar-refractivity contribution in [1.82, 2.24) is 5.32 Å². The summed E-state index contributed by atoms with van der Waals surface area (Å²) < 4.78 is 4.96. The van der Waals surface area contributed by atoms with E-state index in [1.807, 2.05) is 0 Å². The molecule has 114 valence electrons. The largest absolute Gasteiger partial charge is 0.496 e. The highest BCUT2D eigenvalue weighted by molar-refractivity contribution is 6.01. The van der Waals surface area contributed by atoms with Crippen molar-refractivity contribution in [3.05, 3.63) is 33.9 Å². The maximum Gasteiger partial charge on any atom is 0.308 e. The molecule has 0 fully saturated rings. The minimum Gasteiger partial charge on any atom is -0.496 e. The summed E-state index contributed by atoms with van der Waals surface area (Å²) in [6, 6.07) is 4.02. The fraction of sp³-hybridized carbons (Fsp3) is 0.385. The van der Waals surface area contributed by atoms with Gasteiger partial charge in [0.05, 0.1) is 18.0 Å². The quantitative estimate of drug-likeness (QED) is 0.580. The zero-order chi connectivity index (χ0) is 16.0. The van der Waals surface area contributed by atoms with Gasteiger partial charge in [-0.25, -0.2) is 0 Å². The van der Waals surface area contributed by atoms with E-state index < -0.39 is 28.4 Å². The standard InChI is InChI=1S/C13H16N2O6/c1-3-8(13(17)18)7-14-12(16)11-9(15(19)20)5-4-6-10(11)21-2/h4-6,8H,3,7H2,1-2H3,(H,14,16)(H,17,18). The van der Waals surface area contributed by atoms with E-state index in [1.54, 1.807) is 6.92 Å². The molecule has 1 aromatic carbocycles. The summed E-state index contributed by atoms with van der Waals surface area (Å²) in [6.07, 6.45) is 0.337. The highest BCUT2D eigenvalue weighted by atomic mass is 16.6. The zero-order valence-corrected chi connectivity index (χ0v) is 11.7. The summed E-state index contributed by atoms with van der Waals surface area (Å²) in [5, 5.41) is 22.3. The summed E-state index contributed by atoms with van der Waals surface area (Å²) in [6.45, 7) is 1.57. The van der Waals surface area contributed by atoms with E-state index in [1.165, 1.54) is 25.3 Å². The molecule has 0 aliphatic carbocycles. The first-order chi connectivity index (χ1) is 9.92. The number of nitro benzene ring substituents is 1. The number of carbonyl (C=O) groups excluding carboxylic acids is 1. The topological polar surface area (TPSA) is 119 Å². The van der Waals surface area contributed by atoms with Gasteiger partial charge in [-0.15, -0.1) is 0 Å². The first kappa shape index (κ1) is 16.4. The number of nitrogens with one attached hydrogen (secondary N) is 1. The summed E-state index contributed by atoms with van der Waals surface area (Å²) in [7, 11) is 1.29. The van der Waals surface area contributed by atoms with E-state index in [9.17, 15) is 19.7 Å². The van der Waals surface area contributed by atoms with Crippen molar-refractivity contribution >= 4 is 17.6 Å². The van der Waals surface area contributed by atoms with Crippen LogP contribution in [-0.4, -0.2) is 35.6 Å². The number of hydrogen-bond acceptors (Lipinski definition) is 5. The van der Waals surface area contributed by atoms with Gasteiger partial charge in [-0.1, -0.05) is 13.0 Å². The van der Waals surface area contributed by atoms with Gasteiger partial charge in [0, 0.05) is 12.6 Å². The monoisotopic (exact) mass is 296 g/mol. The fourth-order valence-electron chi connectivity index (χ4n) is 1.78. The van der Waals surface area contributed by atoms with Crippen LogP contribution in [0.1, 0.15) is 23.7 Å². The predicted molar refractivity (Wildman–Crippen MR) is 73.4 cm³/mol. The van der Waals surface area contributed by atoms with Crippen molar-refractivity contribution in [2.45, 2.75) is 13.3 Å². The molecule has 8 nitrogen and oxygen atoms in total. The van der Waals surface area contributed by atoms with Crippen LogP contribution in [0, 0.1) is 16.0 Å². The van der Waals surface area contributed by atoms with Gasteiger partial charge in [0.1, 0.15) is 5.75 Å². The third-order valence-corrected chi connectivity index (χ3v) is 3.00. The van der Waals surface area contributed by atoms with E-state index >= 15 is 0 Å². The molecular formula is C13H16N2O6. The second-order valence-corrected chi connectivity index (χ2v) is 4.26. The summed E-state index contributed by atoms with van der Waals surface area (Å²) in [5.41, 5.74) is -0.611. The molecule has 0 bridgehead atoms. The molecule has 0 aliphatic rings. The molecule has 2 N–H and O–H groups in total. The normalized spacial score (nSPS) is 11.5. The molecule has 0 saturated carbocycles. The lowest BCUT2D eigenvalue weighted by atomic mass is 10.1. The average Bonchev–Trinajstić information content (AvgIpc) is 2.46. The molecule has 0 saturated heterocycles. The Hall–Kier alpha value is -2.64. The number of amides is 1. The van der Waals surface area contributed by atoms with Crippen LogP contribution >= 0.6 is 0 Å². The molecule has 0 aromatic heterocycles. The Morgan fingerprint density at radius 2 is 2.14 bits per heavy atom. The number of ether oxygens (including phenoxy) is 1. The number of rotatable bonds is 7. The van der Waals surface area contributed by atoms with Crippen LogP contribution in [-0.2, 0) is 4.79 Å². The maximum atomic E-state index is 12.1. The van der Waals surface area contributed by atoms with Crippen molar-refractivity contribution < 1.29 is 24.4 Å². The number of methoxy groups -OCH3 is 1. The van der Waals surface area contributed by atoms with Gasteiger partial charge >= 0.3 is 5.97 Å². The molecule has 1 unspecified atom stereocenters. The zero-order valence-electron chi connectivity index (χ0n) is 11.7. The first-order valence-corrected chi connectivity index (χ1v) is 6.24. The van der Waals surface area contributed by atoms with Gasteiger partial charge in [0.15, 0.2) is 5.56 Å². The van der Waals surface area contributed by atoms with E-state index in [0.717, 1.165) is 0 Å². The van der Waals surface area contributed by atoms with Crippen LogP contribution in [0.15, 0.2) is 18.2 Å². The number of nitro groups is 1. The Kier molecular flexibility index (Phi) is 5.65. The van der Waals surface area contributed by atoms with Gasteiger partial charge < -0.3 is 15.2 Å². The van der Waals surface area contributed by atoms with E-state index in [2.05, 4.69) is 5.32 Å². The highest BCUT2D eigenvalue weighted by Crippen LogP contribution is 2.27. The van der Waals surface area contributed by atoms with Gasteiger partial charge in [0.25, 0.3) is 11.6 Å². The van der Waals surface area contributed by atoms with Crippen molar-refractivity contribution in [2.24, 2.45) is 5.92 Å². The molecular weight excluding hydrogens is 280 g/mol. The fourth-order valence-corrected chi connectivity index (χ4v) is 1.78. The molecule has 21 heavy (non-hydrogen) atoms. The molecule has 1 amide bonds. The van der Waals surface area contributed by atoms with Crippen LogP contribution in [0.3, 0.4) is 0 Å². The van der Waals surface area contributed by atoms with Crippen LogP contribution < -0.4 is 10.1 Å². The van der Waals surface area contributed by atoms with Gasteiger partial charge in [-0.3, -0.25) is 19.7 Å². The van der Waals surface area contributed by atoms with E-state index in [4.69, 9.17) is 9.84 Å². The number of aliphatic carboxylic acids is 1. The molecule has 0 spiro atoms. The summed E-state index contributed by atoms with van der Waals surface area (Å²) in [5.74, 6) is -2.46. The lowest BCUT2D eigenvalue weighted by Crippen LogP contribution is -2.33. The van der Waals surface area contributed by atoms with Gasteiger partial charge in [-0.2, -0.15) is 0 Å². The van der Waals surface area contributed by atoms with E-state index in [-0.39, 0.29) is 17.9 Å². The Balaban J connectivity index is 3.01. The second-order valence-electron chi connectivity index (χ2n) is 4.26. The number of carboxylic acids is 1. The molecule has 8 heteroatoms. The van der Waals surface area contributed by atoms with Gasteiger partial charge in [-0.05, 0) is 12.5 Å². The second kappa shape index (κ2) is 7.22. The average molecular weight is 296 g/mol. The van der Waals surface area contributed by atoms with Crippen LogP contribution in [0.5, 0.6) is 5.75 Å². The lowest BCUT2D eigenvalue weighted by molar-refractivity contribution is -0.385. The minimum absolute atomic E-state index is 0.0603. The molecule has 1 atom stereocenters. The van der Waals surface area contributed by atoms with Crippen molar-refractivity contribution in [3.8, 4) is 5.75 Å². The van der Waals surface area contributed by atoms with Crippen LogP contribution in [0.2, 0.25) is 0 Å². The molecule has 0 heterocycles. The smallest absolute Gasteiger partial charge is 0.308 e. The third kappa shape index (κ3) is 3.91. The number of hydrogen-bond donors (Lipinski definition) is 2. The lowest BCUT2D eigenvalue weighted by Gasteiger charge is -2.12. The molecule has 1 aromatic rings. The Morgan fingerprint density at radius 3 is 2.62 bits per heavy atom. The van der Waals surface area contributed by atoms with Crippen LogP contribution in [0.4, 0.5) is 5.69 Å². The van der Waals surface area contributed by atoms with Crippen molar-refractivity contribution in [3.63, 3.8) is 0 Å². The number of carboxylic acid groups (broad SMARTS) is 1. The Bertz CT molecular complexity index is 558. The SMILES string of the molecule is CCC(CNC(=O)c1c(OC)cccc1[N+](=O)[O-])C(=O)O. The molecule has 0 aliphatic heterocycles. The minimum atomic E-state index is -1.03. The van der Waals surface area contributed by atoms with Crippen molar-refractivity contribution in [1.29, 1.82) is 0 Å². The number of benzene rings is 1. The van der Waals surface area contributed by atoms with Gasteiger partial charge in [0.2, 0.25) is 0 Å². The first-order valence-electron chi connectivity index (χ1n) is 6.24. The highest BCUT2D eigenvalue weighted by Gasteiger charge is 2.26.